The van der Waals surface area contributed by atoms with E-state index in [1.54, 1.807) is 0 Å². The van der Waals surface area contributed by atoms with Gasteiger partial charge in [-0.3, -0.25) is 0 Å². The normalized spacial score (nSPS) is 35.3. The Morgan fingerprint density at radius 2 is 2.44 bits per heavy atom. The number of ether oxygens (including phenoxy) is 1. The molecule has 0 aromatic rings. The third-order valence-corrected chi connectivity index (χ3v) is 1.52. The standard InChI is InChI=1S/C6H13NO2/c1-2-7-5-3-9-4-6(5)8/h5-8H,2-4H2,1H3/t5-,6+/m0/s1. The van der Waals surface area contributed by atoms with E-state index in [1.807, 2.05) is 6.92 Å². The van der Waals surface area contributed by atoms with E-state index >= 15 is 0 Å². The Morgan fingerprint density at radius 1 is 1.67 bits per heavy atom. The molecule has 9 heavy (non-hydrogen) atoms. The van der Waals surface area contributed by atoms with E-state index < -0.39 is 0 Å². The second kappa shape index (κ2) is 3.15. The number of hydrogen-bond donors (Lipinski definition) is 2. The largest absolute Gasteiger partial charge is 0.389 e. The molecule has 0 radical (unpaired) electrons. The summed E-state index contributed by atoms with van der Waals surface area (Å²) in [5.74, 6) is 0. The van der Waals surface area contributed by atoms with Gasteiger partial charge < -0.3 is 15.2 Å². The number of aliphatic hydroxyl groups excluding tert-OH is 1. The van der Waals surface area contributed by atoms with E-state index in [4.69, 9.17) is 9.84 Å². The number of nitrogens with one attached hydrogen (secondary N) is 1. The van der Waals surface area contributed by atoms with E-state index in [-0.39, 0.29) is 12.1 Å². The van der Waals surface area contributed by atoms with Gasteiger partial charge >= 0.3 is 0 Å². The molecule has 0 spiro atoms. The van der Waals surface area contributed by atoms with Crippen molar-refractivity contribution in [1.82, 2.24) is 5.32 Å². The fourth-order valence-corrected chi connectivity index (χ4v) is 1.00. The van der Waals surface area contributed by atoms with E-state index in [0.717, 1.165) is 6.54 Å². The van der Waals surface area contributed by atoms with Crippen LogP contribution in [0.25, 0.3) is 0 Å². The second-order valence-electron chi connectivity index (χ2n) is 2.27. The second-order valence-corrected chi connectivity index (χ2v) is 2.27. The van der Waals surface area contributed by atoms with Crippen LogP contribution in [0.4, 0.5) is 0 Å². The predicted octanol–water partition coefficient (Wildman–Crippen LogP) is -0.644. The fraction of sp³-hybridized carbons (Fsp3) is 1.00. The van der Waals surface area contributed by atoms with Crippen LogP contribution >= 0.6 is 0 Å². The van der Waals surface area contributed by atoms with Gasteiger partial charge in [-0.05, 0) is 6.54 Å². The van der Waals surface area contributed by atoms with Crippen LogP contribution in [0, 0.1) is 0 Å². The minimum atomic E-state index is -0.301. The molecule has 1 saturated heterocycles. The van der Waals surface area contributed by atoms with Gasteiger partial charge in [-0.25, -0.2) is 0 Å². The molecule has 2 atom stereocenters. The molecule has 0 saturated carbocycles. The summed E-state index contributed by atoms with van der Waals surface area (Å²) < 4.78 is 5.01. The van der Waals surface area contributed by atoms with Crippen LogP contribution in [0.3, 0.4) is 0 Å². The van der Waals surface area contributed by atoms with Crippen molar-refractivity contribution in [2.24, 2.45) is 0 Å². The Kier molecular flexibility index (Phi) is 2.45. The summed E-state index contributed by atoms with van der Waals surface area (Å²) in [6, 6.07) is 0.162. The zero-order valence-electron chi connectivity index (χ0n) is 5.63. The molecule has 0 aromatic heterocycles. The van der Waals surface area contributed by atoms with Crippen LogP contribution in [0.15, 0.2) is 0 Å². The van der Waals surface area contributed by atoms with Gasteiger partial charge in [0.1, 0.15) is 0 Å². The minimum Gasteiger partial charge on any atom is -0.389 e. The Hall–Kier alpha value is -0.120. The first-order valence-electron chi connectivity index (χ1n) is 3.33. The van der Waals surface area contributed by atoms with Crippen molar-refractivity contribution in [2.45, 2.75) is 19.1 Å². The monoisotopic (exact) mass is 131 g/mol. The van der Waals surface area contributed by atoms with Crippen molar-refractivity contribution in [3.63, 3.8) is 0 Å². The van der Waals surface area contributed by atoms with Crippen LogP contribution in [-0.4, -0.2) is 37.0 Å². The first kappa shape index (κ1) is 6.99. The van der Waals surface area contributed by atoms with E-state index in [1.165, 1.54) is 0 Å². The van der Waals surface area contributed by atoms with Gasteiger partial charge in [0.2, 0.25) is 0 Å². The summed E-state index contributed by atoms with van der Waals surface area (Å²) in [5.41, 5.74) is 0. The van der Waals surface area contributed by atoms with Gasteiger partial charge in [-0.1, -0.05) is 6.92 Å². The molecule has 1 rings (SSSR count). The van der Waals surface area contributed by atoms with E-state index in [9.17, 15) is 0 Å². The zero-order chi connectivity index (χ0) is 6.69. The van der Waals surface area contributed by atoms with Gasteiger partial charge in [0.25, 0.3) is 0 Å². The van der Waals surface area contributed by atoms with Gasteiger partial charge in [0.15, 0.2) is 0 Å². The summed E-state index contributed by atoms with van der Waals surface area (Å²) in [7, 11) is 0. The molecule has 3 heteroatoms. The molecule has 1 heterocycles. The third kappa shape index (κ3) is 1.64. The number of rotatable bonds is 2. The quantitative estimate of drug-likeness (QED) is 0.523. The first-order valence-corrected chi connectivity index (χ1v) is 3.33. The molecular weight excluding hydrogens is 118 g/mol. The molecule has 0 unspecified atom stereocenters. The Balaban J connectivity index is 2.22. The van der Waals surface area contributed by atoms with Crippen molar-refractivity contribution >= 4 is 0 Å². The maximum Gasteiger partial charge on any atom is 0.0948 e. The lowest BCUT2D eigenvalue weighted by Gasteiger charge is -2.11. The smallest absolute Gasteiger partial charge is 0.0948 e. The van der Waals surface area contributed by atoms with Gasteiger partial charge in [0, 0.05) is 0 Å². The average Bonchev–Trinajstić information content (AvgIpc) is 2.18. The van der Waals surface area contributed by atoms with Crippen molar-refractivity contribution in [2.75, 3.05) is 19.8 Å². The molecule has 54 valence electrons. The van der Waals surface area contributed by atoms with Crippen molar-refractivity contribution in [1.29, 1.82) is 0 Å². The third-order valence-electron chi connectivity index (χ3n) is 1.52. The van der Waals surface area contributed by atoms with E-state index in [0.29, 0.717) is 13.2 Å². The molecule has 1 aliphatic rings. The summed E-state index contributed by atoms with van der Waals surface area (Å²) in [6.07, 6.45) is -0.301. The number of hydrogen-bond acceptors (Lipinski definition) is 3. The van der Waals surface area contributed by atoms with Crippen molar-refractivity contribution in [3.05, 3.63) is 0 Å². The topological polar surface area (TPSA) is 41.5 Å². The molecule has 0 bridgehead atoms. The molecule has 0 amide bonds. The molecule has 3 nitrogen and oxygen atoms in total. The maximum atomic E-state index is 9.13. The lowest BCUT2D eigenvalue weighted by molar-refractivity contribution is 0.122. The Bertz CT molecular complexity index is 87.1. The zero-order valence-corrected chi connectivity index (χ0v) is 5.63. The van der Waals surface area contributed by atoms with Crippen LogP contribution in [0.1, 0.15) is 6.92 Å². The fourth-order valence-electron chi connectivity index (χ4n) is 1.00. The molecule has 2 N–H and O–H groups in total. The van der Waals surface area contributed by atoms with Crippen LogP contribution < -0.4 is 5.32 Å². The number of aliphatic hydroxyl groups is 1. The molecule has 1 aliphatic heterocycles. The van der Waals surface area contributed by atoms with Crippen LogP contribution in [0.5, 0.6) is 0 Å². The highest BCUT2D eigenvalue weighted by Gasteiger charge is 2.24. The van der Waals surface area contributed by atoms with Crippen molar-refractivity contribution < 1.29 is 9.84 Å². The number of likely N-dealkylation sites (N-methyl/N-ethyl adjacent to an activating group) is 1. The van der Waals surface area contributed by atoms with Crippen LogP contribution in [-0.2, 0) is 4.74 Å². The summed E-state index contributed by atoms with van der Waals surface area (Å²) in [6.45, 7) is 4.04. The van der Waals surface area contributed by atoms with E-state index in [2.05, 4.69) is 5.32 Å². The molecule has 0 aliphatic carbocycles. The van der Waals surface area contributed by atoms with Gasteiger partial charge in [0.05, 0.1) is 25.4 Å². The summed E-state index contributed by atoms with van der Waals surface area (Å²) in [5, 5.41) is 12.3. The molecule has 1 fully saturated rings. The Labute approximate surface area is 55.0 Å². The van der Waals surface area contributed by atoms with Gasteiger partial charge in [-0.2, -0.15) is 0 Å². The highest BCUT2D eigenvalue weighted by molar-refractivity contribution is 4.79. The minimum absolute atomic E-state index is 0.162. The molecule has 0 aromatic carbocycles. The Morgan fingerprint density at radius 3 is 2.89 bits per heavy atom. The lowest BCUT2D eigenvalue weighted by Crippen LogP contribution is -2.38. The van der Waals surface area contributed by atoms with Gasteiger partial charge in [-0.15, -0.1) is 0 Å². The predicted molar refractivity (Wildman–Crippen MR) is 34.3 cm³/mol. The van der Waals surface area contributed by atoms with Crippen molar-refractivity contribution in [3.8, 4) is 0 Å². The summed E-state index contributed by atoms with van der Waals surface area (Å²) in [4.78, 5) is 0. The summed E-state index contributed by atoms with van der Waals surface area (Å²) >= 11 is 0. The SMILES string of the molecule is CCN[C@H]1COC[C@H]1O. The average molecular weight is 131 g/mol. The maximum absolute atomic E-state index is 9.13. The lowest BCUT2D eigenvalue weighted by atomic mass is 10.2. The highest BCUT2D eigenvalue weighted by atomic mass is 16.5. The first-order chi connectivity index (χ1) is 4.34. The van der Waals surface area contributed by atoms with Crippen LogP contribution in [0.2, 0.25) is 0 Å². The molecular formula is C6H13NO2. The highest BCUT2D eigenvalue weighted by Crippen LogP contribution is 2.03.